The van der Waals surface area contributed by atoms with Gasteiger partial charge in [0.05, 0.1) is 45.2 Å². The van der Waals surface area contributed by atoms with Gasteiger partial charge in [0.2, 0.25) is 0 Å². The van der Waals surface area contributed by atoms with Gasteiger partial charge in [-0.2, -0.15) is 0 Å². The van der Waals surface area contributed by atoms with Crippen molar-refractivity contribution in [1.29, 1.82) is 0 Å². The molecule has 7 saturated heterocycles. The van der Waals surface area contributed by atoms with E-state index >= 15 is 0 Å². The van der Waals surface area contributed by atoms with Crippen LogP contribution in [0.1, 0.15) is 79.1 Å². The fraction of sp³-hybridized carbons (Fsp3) is 0.960. The van der Waals surface area contributed by atoms with Crippen LogP contribution in [-0.2, 0) is 52.1 Å². The van der Waals surface area contributed by atoms with Crippen molar-refractivity contribution in [2.45, 2.75) is 226 Å². The van der Waals surface area contributed by atoms with Crippen LogP contribution in [0.2, 0.25) is 0 Å². The lowest BCUT2D eigenvalue weighted by atomic mass is 9.48. The zero-order valence-corrected chi connectivity index (χ0v) is 42.2. The summed E-state index contributed by atoms with van der Waals surface area (Å²) < 4.78 is 66.6. The Morgan fingerprint density at radius 1 is 0.554 bits per heavy atom. The number of rotatable bonds is 12. The van der Waals surface area contributed by atoms with E-state index in [4.69, 9.17) is 52.1 Å². The molecule has 2 saturated carbocycles. The molecule has 24 heteroatoms. The third kappa shape index (κ3) is 9.47. The number of fused-ring (bicyclic) bond motifs is 7. The highest BCUT2D eigenvalue weighted by Crippen LogP contribution is 2.68. The van der Waals surface area contributed by atoms with Crippen LogP contribution in [0, 0.1) is 40.4 Å². The third-order valence-electron chi connectivity index (χ3n) is 19.2. The maximum atomic E-state index is 11.5. The summed E-state index contributed by atoms with van der Waals surface area (Å²) >= 11 is 0. The zero-order valence-electron chi connectivity index (χ0n) is 42.2. The van der Waals surface area contributed by atoms with Crippen molar-refractivity contribution in [3.8, 4) is 0 Å². The Labute approximate surface area is 428 Å². The molecule has 74 heavy (non-hydrogen) atoms. The number of ether oxygens (including phenoxy) is 11. The smallest absolute Gasteiger partial charge is 0.187 e. The van der Waals surface area contributed by atoms with Gasteiger partial charge in [0, 0.05) is 23.7 Å². The van der Waals surface area contributed by atoms with Crippen molar-refractivity contribution in [3.63, 3.8) is 0 Å². The number of hydrogen-bond acceptors (Lipinski definition) is 24. The van der Waals surface area contributed by atoms with E-state index < -0.39 is 161 Å². The summed E-state index contributed by atoms with van der Waals surface area (Å²) in [5, 5.41) is 139. The molecule has 3 aliphatic carbocycles. The minimum absolute atomic E-state index is 0.0387. The molecule has 0 aromatic carbocycles. The Kier molecular flexibility index (Phi) is 16.4. The molecule has 14 unspecified atom stereocenters. The van der Waals surface area contributed by atoms with E-state index in [9.17, 15) is 66.4 Å². The third-order valence-corrected chi connectivity index (χ3v) is 19.2. The predicted octanol–water partition coefficient (Wildman–Crippen LogP) is -3.65. The number of allylic oxidation sites excluding steroid dienone is 1. The fourth-order valence-corrected chi connectivity index (χ4v) is 14.7. The van der Waals surface area contributed by atoms with Crippen molar-refractivity contribution in [2.24, 2.45) is 40.4 Å². The van der Waals surface area contributed by atoms with Gasteiger partial charge in [0.15, 0.2) is 37.2 Å². The van der Waals surface area contributed by atoms with Crippen LogP contribution in [0.4, 0.5) is 0 Å². The van der Waals surface area contributed by atoms with E-state index in [0.29, 0.717) is 37.2 Å². The van der Waals surface area contributed by atoms with E-state index in [1.54, 1.807) is 0 Å². The second-order valence-corrected chi connectivity index (χ2v) is 23.4. The van der Waals surface area contributed by atoms with Crippen molar-refractivity contribution in [1.82, 2.24) is 0 Å². The molecule has 10 aliphatic rings. The summed E-state index contributed by atoms with van der Waals surface area (Å²) in [6.45, 7) is 6.64. The summed E-state index contributed by atoms with van der Waals surface area (Å²) in [6, 6.07) is 0. The molecule has 424 valence electrons. The minimum Gasteiger partial charge on any atom is -0.394 e. The van der Waals surface area contributed by atoms with Crippen molar-refractivity contribution in [2.75, 3.05) is 33.0 Å². The topological polar surface area (TPSA) is 365 Å². The second kappa shape index (κ2) is 21.7. The Morgan fingerprint density at radius 2 is 1.05 bits per heavy atom. The standard InChI is InChI=1S/C50H80O24/c1-19-7-12-50(64-18-19)20(2)29-43(74-50)73-42-23-6-5-21-13-22(8-10-48(21,3)24(23)9-11-49(29,42)4)65-44-36(61)32(57)39(26(15-52)67-44)71-46-38(63)34(59)41(28(17-54)69-46)72-47-37(62)33(58)40(27(16-53)68-47)70-45-35(60)31(56)30(55)25(14-51)66-45/h5,19-20,22-47,51-63H,6-18H2,1-4H3/t19-,20?,22+,23?,24?,25?,26?,27?,28?,29?,30-,31+,32-,33-,34-,35?,36?,37?,38?,39-,40-,41-,42?,43?,44-,45-,46-,47+,48+,49-,50-/m1/s1. The first-order valence-electron chi connectivity index (χ1n) is 26.7. The molecule has 9 fully saturated rings. The van der Waals surface area contributed by atoms with Gasteiger partial charge in [0.25, 0.3) is 0 Å². The van der Waals surface area contributed by atoms with Crippen LogP contribution >= 0.6 is 0 Å². The average Bonchev–Trinajstić information content (AvgIpc) is 3.87. The van der Waals surface area contributed by atoms with Gasteiger partial charge < -0.3 is 118 Å². The van der Waals surface area contributed by atoms with Gasteiger partial charge in [0.1, 0.15) is 97.7 Å². The highest BCUT2D eigenvalue weighted by Gasteiger charge is 2.70. The molecular weight excluding hydrogens is 985 g/mol. The van der Waals surface area contributed by atoms with Gasteiger partial charge in [-0.3, -0.25) is 0 Å². The highest BCUT2D eigenvalue weighted by molar-refractivity contribution is 5.26. The number of aliphatic hydroxyl groups excluding tert-OH is 13. The molecule has 31 atom stereocenters. The zero-order chi connectivity index (χ0) is 52.9. The van der Waals surface area contributed by atoms with Crippen molar-refractivity contribution in [3.05, 3.63) is 11.6 Å². The van der Waals surface area contributed by atoms with E-state index in [1.807, 2.05) is 0 Å². The highest BCUT2D eigenvalue weighted by atomic mass is 16.8. The fourth-order valence-electron chi connectivity index (χ4n) is 14.7. The van der Waals surface area contributed by atoms with E-state index in [-0.39, 0.29) is 35.1 Å². The van der Waals surface area contributed by atoms with Gasteiger partial charge in [-0.25, -0.2) is 0 Å². The first-order valence-corrected chi connectivity index (χ1v) is 26.7. The van der Waals surface area contributed by atoms with Crippen LogP contribution in [0.25, 0.3) is 0 Å². The summed E-state index contributed by atoms with van der Waals surface area (Å²) in [7, 11) is 0. The Morgan fingerprint density at radius 3 is 1.55 bits per heavy atom. The molecule has 0 radical (unpaired) electrons. The molecule has 0 aromatic heterocycles. The molecule has 0 bridgehead atoms. The lowest BCUT2D eigenvalue weighted by molar-refractivity contribution is -0.389. The molecule has 10 rings (SSSR count). The maximum Gasteiger partial charge on any atom is 0.187 e. The van der Waals surface area contributed by atoms with Crippen LogP contribution < -0.4 is 0 Å². The van der Waals surface area contributed by atoms with E-state index in [1.165, 1.54) is 5.57 Å². The Bertz CT molecular complexity index is 1940. The maximum absolute atomic E-state index is 11.5. The van der Waals surface area contributed by atoms with Gasteiger partial charge in [-0.1, -0.05) is 39.3 Å². The Hall–Kier alpha value is -1.22. The predicted molar refractivity (Wildman–Crippen MR) is 245 cm³/mol. The number of aliphatic hydroxyl groups is 13. The molecule has 7 aliphatic heterocycles. The first kappa shape index (κ1) is 56.1. The SMILES string of the molecule is CC1C2C(OC3C4CC=C5C[C@@H](O[C@@H]6OC(CO)[C@@H](O[C@H]7OC(CO)[C@@H](O[C@@H]8OC(CO)[C@@H](O[C@H]9OC(CO)[C@@H](O)[C@H](O)C9O)[C@H](O)C8O)[C@H](O)C7O)[C@H](O)C6O)CC[C@]5(C)C4CC[C@@]32C)O[C@]12CC[C@@H](C)CO2. The van der Waals surface area contributed by atoms with E-state index in [2.05, 4.69) is 33.8 Å². The molecular formula is C50H80O24. The van der Waals surface area contributed by atoms with Gasteiger partial charge in [-0.05, 0) is 68.1 Å². The molecule has 0 aromatic rings. The quantitative estimate of drug-likeness (QED) is 0.0838. The first-order chi connectivity index (χ1) is 35.2. The average molecular weight is 1070 g/mol. The summed E-state index contributed by atoms with van der Waals surface area (Å²) in [5.74, 6) is 1.12. The summed E-state index contributed by atoms with van der Waals surface area (Å²) in [4.78, 5) is 0. The normalized spacial score (nSPS) is 56.5. The van der Waals surface area contributed by atoms with Gasteiger partial charge >= 0.3 is 0 Å². The van der Waals surface area contributed by atoms with Crippen molar-refractivity contribution < 1.29 is 118 Å². The molecule has 0 amide bonds. The van der Waals surface area contributed by atoms with E-state index in [0.717, 1.165) is 38.5 Å². The molecule has 24 nitrogen and oxygen atoms in total. The molecule has 13 N–H and O–H groups in total. The molecule has 1 spiro atoms. The van der Waals surface area contributed by atoms with Crippen LogP contribution in [0.3, 0.4) is 0 Å². The van der Waals surface area contributed by atoms with Crippen molar-refractivity contribution >= 4 is 0 Å². The largest absolute Gasteiger partial charge is 0.394 e. The van der Waals surface area contributed by atoms with Crippen LogP contribution in [0.5, 0.6) is 0 Å². The number of hydrogen-bond donors (Lipinski definition) is 13. The summed E-state index contributed by atoms with van der Waals surface area (Å²) in [5.41, 5.74) is 1.13. The molecule has 7 heterocycles. The minimum atomic E-state index is -2.03. The van der Waals surface area contributed by atoms with Crippen LogP contribution in [-0.4, -0.2) is 247 Å². The summed E-state index contributed by atoms with van der Waals surface area (Å²) in [6.07, 6.45) is -25.9. The van der Waals surface area contributed by atoms with Crippen LogP contribution in [0.15, 0.2) is 11.6 Å². The monoisotopic (exact) mass is 1060 g/mol. The Balaban J connectivity index is 0.738. The second-order valence-electron chi connectivity index (χ2n) is 23.4. The lowest BCUT2D eigenvalue weighted by Gasteiger charge is -2.57. The lowest BCUT2D eigenvalue weighted by Crippen LogP contribution is -2.67. The van der Waals surface area contributed by atoms with Gasteiger partial charge in [-0.15, -0.1) is 0 Å².